The van der Waals surface area contributed by atoms with Gasteiger partial charge in [-0.3, -0.25) is 0 Å². The molecule has 74 valence electrons. The molecule has 0 rings (SSSR count). The van der Waals surface area contributed by atoms with Crippen LogP contribution in [0.2, 0.25) is 0 Å². The molecule has 1 unspecified atom stereocenters. The Bertz CT molecular complexity index is 112. The zero-order valence-electron chi connectivity index (χ0n) is 8.85. The number of nitrogens with one attached hydrogen (secondary N) is 1. The Hall–Kier alpha value is -0.0800. The third kappa shape index (κ3) is 5.56. The first kappa shape index (κ1) is 11.9. The molecule has 0 aliphatic carbocycles. The molecule has 0 bridgehead atoms. The topological polar surface area (TPSA) is 32.3 Å². The predicted octanol–water partition coefficient (Wildman–Crippen LogP) is 1.64. The molecule has 0 aromatic carbocycles. The minimum absolute atomic E-state index is 0.0213. The van der Waals surface area contributed by atoms with E-state index in [1.54, 1.807) is 0 Å². The van der Waals surface area contributed by atoms with E-state index in [1.807, 2.05) is 0 Å². The molecule has 0 heterocycles. The van der Waals surface area contributed by atoms with Crippen molar-refractivity contribution in [3.05, 3.63) is 0 Å². The van der Waals surface area contributed by atoms with Crippen LogP contribution in [0.1, 0.15) is 34.1 Å². The molecule has 0 fully saturated rings. The standard InChI is InChI=1S/C10H23NO/c1-5-9(2)6-11-7-10(3,4)8-12/h9,11-12H,5-8H2,1-4H3. The fourth-order valence-corrected chi connectivity index (χ4v) is 0.857. The smallest absolute Gasteiger partial charge is 0.0494 e. The van der Waals surface area contributed by atoms with Crippen LogP contribution in [0.15, 0.2) is 0 Å². The van der Waals surface area contributed by atoms with Crippen LogP contribution in [0.25, 0.3) is 0 Å². The van der Waals surface area contributed by atoms with E-state index >= 15 is 0 Å². The lowest BCUT2D eigenvalue weighted by molar-refractivity contribution is 0.155. The minimum Gasteiger partial charge on any atom is -0.396 e. The SMILES string of the molecule is CCC(C)CNCC(C)(C)CO. The Balaban J connectivity index is 3.42. The van der Waals surface area contributed by atoms with Crippen LogP contribution < -0.4 is 5.32 Å². The summed E-state index contributed by atoms with van der Waals surface area (Å²) in [5.74, 6) is 0.736. The van der Waals surface area contributed by atoms with Crippen molar-refractivity contribution in [2.45, 2.75) is 34.1 Å². The van der Waals surface area contributed by atoms with E-state index in [2.05, 4.69) is 33.0 Å². The quantitative estimate of drug-likeness (QED) is 0.640. The maximum Gasteiger partial charge on any atom is 0.0494 e. The molecule has 12 heavy (non-hydrogen) atoms. The van der Waals surface area contributed by atoms with Gasteiger partial charge in [0, 0.05) is 18.6 Å². The molecule has 0 radical (unpaired) electrons. The third-order valence-corrected chi connectivity index (χ3v) is 2.22. The Kier molecular flexibility index (Phi) is 5.51. The van der Waals surface area contributed by atoms with Crippen molar-refractivity contribution >= 4 is 0 Å². The van der Waals surface area contributed by atoms with Gasteiger partial charge in [-0.15, -0.1) is 0 Å². The van der Waals surface area contributed by atoms with Gasteiger partial charge in [0.05, 0.1) is 0 Å². The van der Waals surface area contributed by atoms with Gasteiger partial charge in [-0.2, -0.15) is 0 Å². The fraction of sp³-hybridized carbons (Fsp3) is 1.00. The van der Waals surface area contributed by atoms with E-state index in [0.717, 1.165) is 19.0 Å². The molecule has 0 aromatic rings. The molecule has 2 N–H and O–H groups in total. The zero-order valence-corrected chi connectivity index (χ0v) is 8.85. The number of hydrogen-bond donors (Lipinski definition) is 2. The van der Waals surface area contributed by atoms with Gasteiger partial charge in [0.2, 0.25) is 0 Å². The summed E-state index contributed by atoms with van der Waals surface area (Å²) in [5, 5.41) is 12.3. The van der Waals surface area contributed by atoms with Crippen LogP contribution in [0.4, 0.5) is 0 Å². The van der Waals surface area contributed by atoms with Gasteiger partial charge in [0.25, 0.3) is 0 Å². The van der Waals surface area contributed by atoms with Crippen molar-refractivity contribution < 1.29 is 5.11 Å². The molecule has 2 heteroatoms. The highest BCUT2D eigenvalue weighted by molar-refractivity contribution is 4.70. The lowest BCUT2D eigenvalue weighted by Crippen LogP contribution is -2.34. The van der Waals surface area contributed by atoms with Gasteiger partial charge in [-0.25, -0.2) is 0 Å². The summed E-state index contributed by atoms with van der Waals surface area (Å²) >= 11 is 0. The normalized spacial score (nSPS) is 14.8. The summed E-state index contributed by atoms with van der Waals surface area (Å²) in [6.07, 6.45) is 1.21. The molecule has 2 nitrogen and oxygen atoms in total. The first-order chi connectivity index (χ1) is 5.52. The summed E-state index contributed by atoms with van der Waals surface area (Å²) in [4.78, 5) is 0. The number of hydrogen-bond acceptors (Lipinski definition) is 2. The summed E-state index contributed by atoms with van der Waals surface area (Å²) < 4.78 is 0. The van der Waals surface area contributed by atoms with Crippen molar-refractivity contribution in [1.82, 2.24) is 5.32 Å². The van der Waals surface area contributed by atoms with Crippen LogP contribution in [-0.4, -0.2) is 24.8 Å². The van der Waals surface area contributed by atoms with Crippen molar-refractivity contribution in [3.63, 3.8) is 0 Å². The molecule has 0 aliphatic heterocycles. The molecule has 0 aliphatic rings. The molecule has 0 spiro atoms. The van der Waals surface area contributed by atoms with Crippen LogP contribution in [0.5, 0.6) is 0 Å². The maximum atomic E-state index is 8.98. The number of aliphatic hydroxyl groups excluding tert-OH is 1. The second kappa shape index (κ2) is 5.55. The van der Waals surface area contributed by atoms with Gasteiger partial charge in [0.15, 0.2) is 0 Å². The Morgan fingerprint density at radius 1 is 1.42 bits per heavy atom. The highest BCUT2D eigenvalue weighted by Gasteiger charge is 2.15. The molecular formula is C10H23NO. The van der Waals surface area contributed by atoms with E-state index in [4.69, 9.17) is 5.11 Å². The third-order valence-electron chi connectivity index (χ3n) is 2.22. The van der Waals surface area contributed by atoms with Crippen molar-refractivity contribution in [2.75, 3.05) is 19.7 Å². The number of rotatable bonds is 6. The van der Waals surface area contributed by atoms with E-state index in [1.165, 1.54) is 6.42 Å². The van der Waals surface area contributed by atoms with E-state index in [9.17, 15) is 0 Å². The molecule has 0 aromatic heterocycles. The maximum absolute atomic E-state index is 8.98. The predicted molar refractivity (Wildman–Crippen MR) is 53.2 cm³/mol. The first-order valence-electron chi connectivity index (χ1n) is 4.83. The van der Waals surface area contributed by atoms with E-state index in [0.29, 0.717) is 0 Å². The van der Waals surface area contributed by atoms with Crippen molar-refractivity contribution in [2.24, 2.45) is 11.3 Å². The highest BCUT2D eigenvalue weighted by Crippen LogP contribution is 2.11. The second-order valence-electron chi connectivity index (χ2n) is 4.47. The van der Waals surface area contributed by atoms with Gasteiger partial charge in [-0.05, 0) is 12.5 Å². The fourth-order valence-electron chi connectivity index (χ4n) is 0.857. The molecule has 1 atom stereocenters. The van der Waals surface area contributed by atoms with Crippen molar-refractivity contribution in [3.8, 4) is 0 Å². The Labute approximate surface area is 76.4 Å². The summed E-state index contributed by atoms with van der Waals surface area (Å²) in [5.41, 5.74) is 0.0213. The summed E-state index contributed by atoms with van der Waals surface area (Å²) in [7, 11) is 0. The zero-order chi connectivity index (χ0) is 9.61. The van der Waals surface area contributed by atoms with Crippen LogP contribution in [0, 0.1) is 11.3 Å². The van der Waals surface area contributed by atoms with Gasteiger partial charge in [0.1, 0.15) is 0 Å². The second-order valence-corrected chi connectivity index (χ2v) is 4.47. The van der Waals surface area contributed by atoms with Gasteiger partial charge >= 0.3 is 0 Å². The largest absolute Gasteiger partial charge is 0.396 e. The van der Waals surface area contributed by atoms with Gasteiger partial charge in [-0.1, -0.05) is 34.1 Å². The van der Waals surface area contributed by atoms with Crippen molar-refractivity contribution in [1.29, 1.82) is 0 Å². The Morgan fingerprint density at radius 2 is 2.00 bits per heavy atom. The summed E-state index contributed by atoms with van der Waals surface area (Å²) in [6.45, 7) is 10.8. The summed E-state index contributed by atoms with van der Waals surface area (Å²) in [6, 6.07) is 0. The van der Waals surface area contributed by atoms with Gasteiger partial charge < -0.3 is 10.4 Å². The van der Waals surface area contributed by atoms with E-state index < -0.39 is 0 Å². The molecule has 0 saturated heterocycles. The molecule has 0 amide bonds. The average molecular weight is 173 g/mol. The van der Waals surface area contributed by atoms with Crippen LogP contribution in [0.3, 0.4) is 0 Å². The molecular weight excluding hydrogens is 150 g/mol. The first-order valence-corrected chi connectivity index (χ1v) is 4.83. The van der Waals surface area contributed by atoms with E-state index in [-0.39, 0.29) is 12.0 Å². The average Bonchev–Trinajstić information content (AvgIpc) is 2.04. The number of aliphatic hydroxyl groups is 1. The minimum atomic E-state index is 0.0213. The lowest BCUT2D eigenvalue weighted by Gasteiger charge is -2.23. The lowest BCUT2D eigenvalue weighted by atomic mass is 9.95. The molecule has 0 saturated carbocycles. The van der Waals surface area contributed by atoms with Crippen LogP contribution in [-0.2, 0) is 0 Å². The monoisotopic (exact) mass is 173 g/mol. The highest BCUT2D eigenvalue weighted by atomic mass is 16.3. The Morgan fingerprint density at radius 3 is 2.42 bits per heavy atom. The van der Waals surface area contributed by atoms with Crippen LogP contribution >= 0.6 is 0 Å².